The molecule has 7 nitrogen and oxygen atoms in total. The Kier molecular flexibility index (Phi) is 6.09. The third kappa shape index (κ3) is 4.84. The maximum absolute atomic E-state index is 13.5. The first kappa shape index (κ1) is 22.8. The second-order valence-electron chi connectivity index (χ2n) is 8.28. The number of nitrogens with one attached hydrogen (secondary N) is 1. The highest BCUT2D eigenvalue weighted by Gasteiger charge is 2.31. The lowest BCUT2D eigenvalue weighted by molar-refractivity contribution is -0.137. The van der Waals surface area contributed by atoms with Gasteiger partial charge in [0.25, 0.3) is 11.6 Å². The van der Waals surface area contributed by atoms with Crippen LogP contribution in [0.5, 0.6) is 0 Å². The standard InChI is InChI=1S/C23H23F3N4O3/c1-13-20-18(22(32)30-8-4-5-15(12-30)11-27-14(2)31)10-19(28-21(20)33-29-13)16-6-3-7-17(9-16)23(24,25)26/h3,6-7,9-10,15H,4-5,8,11-12H2,1-2H3,(H,27,31). The molecule has 3 heterocycles. The van der Waals surface area contributed by atoms with E-state index in [0.717, 1.165) is 25.0 Å². The van der Waals surface area contributed by atoms with E-state index in [1.54, 1.807) is 11.8 Å². The van der Waals surface area contributed by atoms with E-state index >= 15 is 0 Å². The summed E-state index contributed by atoms with van der Waals surface area (Å²) < 4.78 is 44.9. The molecular formula is C23H23F3N4O3. The molecule has 1 fully saturated rings. The number of pyridine rings is 1. The first-order valence-corrected chi connectivity index (χ1v) is 10.6. The van der Waals surface area contributed by atoms with Crippen molar-refractivity contribution in [2.75, 3.05) is 19.6 Å². The van der Waals surface area contributed by atoms with Crippen LogP contribution in [-0.2, 0) is 11.0 Å². The average molecular weight is 460 g/mol. The Morgan fingerprint density at radius 3 is 2.79 bits per heavy atom. The number of alkyl halides is 3. The largest absolute Gasteiger partial charge is 0.416 e. The number of rotatable bonds is 4. The van der Waals surface area contributed by atoms with Crippen LogP contribution in [0.15, 0.2) is 34.9 Å². The van der Waals surface area contributed by atoms with E-state index in [9.17, 15) is 22.8 Å². The van der Waals surface area contributed by atoms with E-state index in [1.807, 2.05) is 0 Å². The van der Waals surface area contributed by atoms with Crippen molar-refractivity contribution in [3.05, 3.63) is 47.2 Å². The molecular weight excluding hydrogens is 437 g/mol. The minimum absolute atomic E-state index is 0.0950. The number of hydrogen-bond acceptors (Lipinski definition) is 5. The molecule has 4 rings (SSSR count). The lowest BCUT2D eigenvalue weighted by Gasteiger charge is -2.33. The minimum atomic E-state index is -4.50. The Balaban J connectivity index is 1.71. The summed E-state index contributed by atoms with van der Waals surface area (Å²) in [7, 11) is 0. The van der Waals surface area contributed by atoms with Crippen molar-refractivity contribution in [3.8, 4) is 11.3 Å². The molecule has 10 heteroatoms. The molecule has 0 saturated carbocycles. The first-order valence-electron chi connectivity index (χ1n) is 10.6. The smallest absolute Gasteiger partial charge is 0.356 e. The molecule has 0 bridgehead atoms. The Morgan fingerprint density at radius 2 is 2.06 bits per heavy atom. The van der Waals surface area contributed by atoms with E-state index in [0.29, 0.717) is 30.7 Å². The summed E-state index contributed by atoms with van der Waals surface area (Å²) >= 11 is 0. The highest BCUT2D eigenvalue weighted by atomic mass is 19.4. The van der Waals surface area contributed by atoms with E-state index < -0.39 is 11.7 Å². The summed E-state index contributed by atoms with van der Waals surface area (Å²) in [6.07, 6.45) is -2.83. The molecule has 1 saturated heterocycles. The summed E-state index contributed by atoms with van der Waals surface area (Å²) in [6, 6.07) is 6.28. The fraction of sp³-hybridized carbons (Fsp3) is 0.391. The Bertz CT molecular complexity index is 1210. The number of likely N-dealkylation sites (tertiary alicyclic amines) is 1. The van der Waals surface area contributed by atoms with E-state index in [1.165, 1.54) is 25.1 Å². The van der Waals surface area contributed by atoms with Gasteiger partial charge in [-0.2, -0.15) is 13.2 Å². The summed E-state index contributed by atoms with van der Waals surface area (Å²) in [5, 5.41) is 7.14. The van der Waals surface area contributed by atoms with Crippen LogP contribution >= 0.6 is 0 Å². The third-order valence-corrected chi connectivity index (χ3v) is 5.78. The number of fused-ring (bicyclic) bond motifs is 1. The zero-order valence-corrected chi connectivity index (χ0v) is 18.2. The molecule has 1 aromatic carbocycles. The van der Waals surface area contributed by atoms with Gasteiger partial charge in [-0.15, -0.1) is 0 Å². The lowest BCUT2D eigenvalue weighted by atomic mass is 9.96. The lowest BCUT2D eigenvalue weighted by Crippen LogP contribution is -2.43. The normalized spacial score (nSPS) is 16.8. The van der Waals surface area contributed by atoms with Gasteiger partial charge in [-0.3, -0.25) is 9.59 Å². The number of hydrogen-bond donors (Lipinski definition) is 1. The van der Waals surface area contributed by atoms with Crippen molar-refractivity contribution in [1.82, 2.24) is 20.4 Å². The fourth-order valence-electron chi connectivity index (χ4n) is 4.14. The highest BCUT2D eigenvalue weighted by molar-refractivity contribution is 6.07. The maximum Gasteiger partial charge on any atom is 0.416 e. The van der Waals surface area contributed by atoms with Crippen LogP contribution in [0.25, 0.3) is 22.4 Å². The van der Waals surface area contributed by atoms with Gasteiger partial charge in [-0.1, -0.05) is 17.3 Å². The predicted molar refractivity (Wildman–Crippen MR) is 114 cm³/mol. The third-order valence-electron chi connectivity index (χ3n) is 5.78. The van der Waals surface area contributed by atoms with Crippen molar-refractivity contribution in [1.29, 1.82) is 0 Å². The zero-order valence-electron chi connectivity index (χ0n) is 18.2. The van der Waals surface area contributed by atoms with Crippen LogP contribution in [0.2, 0.25) is 0 Å². The first-order chi connectivity index (χ1) is 15.6. The van der Waals surface area contributed by atoms with Gasteiger partial charge < -0.3 is 14.7 Å². The molecule has 1 atom stereocenters. The number of carbonyl (C=O) groups is 2. The summed E-state index contributed by atoms with van der Waals surface area (Å²) in [4.78, 5) is 30.8. The SMILES string of the molecule is CC(=O)NCC1CCCN(C(=O)c2cc(-c3cccc(C(F)(F)F)c3)nc3onc(C)c23)C1. The Hall–Kier alpha value is -3.43. The zero-order chi connectivity index (χ0) is 23.8. The minimum Gasteiger partial charge on any atom is -0.356 e. The van der Waals surface area contributed by atoms with E-state index in [4.69, 9.17) is 4.52 Å². The van der Waals surface area contributed by atoms with Crippen LogP contribution in [0.3, 0.4) is 0 Å². The molecule has 0 spiro atoms. The average Bonchev–Trinajstić information content (AvgIpc) is 3.17. The van der Waals surface area contributed by atoms with Gasteiger partial charge in [-0.25, -0.2) is 4.98 Å². The number of amides is 2. The molecule has 174 valence electrons. The second kappa shape index (κ2) is 8.84. The van der Waals surface area contributed by atoms with Crippen molar-refractivity contribution < 1.29 is 27.3 Å². The van der Waals surface area contributed by atoms with E-state index in [2.05, 4.69) is 15.5 Å². The number of benzene rings is 1. The maximum atomic E-state index is 13.5. The number of aromatic nitrogens is 2. The quantitative estimate of drug-likeness (QED) is 0.630. The van der Waals surface area contributed by atoms with Crippen LogP contribution in [0.1, 0.15) is 41.4 Å². The number of nitrogens with zero attached hydrogens (tertiary/aromatic N) is 3. The molecule has 1 unspecified atom stereocenters. The van der Waals surface area contributed by atoms with Crippen LogP contribution in [-0.4, -0.2) is 46.5 Å². The molecule has 0 aliphatic carbocycles. The summed E-state index contributed by atoms with van der Waals surface area (Å²) in [5.41, 5.74) is 0.462. The molecule has 1 aliphatic rings. The van der Waals surface area contributed by atoms with Crippen LogP contribution in [0.4, 0.5) is 13.2 Å². The second-order valence-corrected chi connectivity index (χ2v) is 8.28. The molecule has 33 heavy (non-hydrogen) atoms. The van der Waals surface area contributed by atoms with Crippen molar-refractivity contribution in [2.45, 2.75) is 32.9 Å². The van der Waals surface area contributed by atoms with Crippen molar-refractivity contribution >= 4 is 22.9 Å². The molecule has 1 N–H and O–H groups in total. The fourth-order valence-corrected chi connectivity index (χ4v) is 4.14. The monoisotopic (exact) mass is 460 g/mol. The number of aryl methyl sites for hydroxylation is 1. The Morgan fingerprint density at radius 1 is 1.27 bits per heavy atom. The number of piperidine rings is 1. The number of carbonyl (C=O) groups excluding carboxylic acids is 2. The van der Waals surface area contributed by atoms with Gasteiger partial charge in [0.1, 0.15) is 0 Å². The van der Waals surface area contributed by atoms with Crippen LogP contribution < -0.4 is 5.32 Å². The Labute approximate surface area is 187 Å². The molecule has 2 amide bonds. The summed E-state index contributed by atoms with van der Waals surface area (Å²) in [5.74, 6) is -0.273. The molecule has 2 aromatic heterocycles. The predicted octanol–water partition coefficient (Wildman–Crippen LogP) is 4.21. The van der Waals surface area contributed by atoms with Crippen molar-refractivity contribution in [2.24, 2.45) is 5.92 Å². The van der Waals surface area contributed by atoms with Gasteiger partial charge in [0.15, 0.2) is 0 Å². The summed E-state index contributed by atoms with van der Waals surface area (Å²) in [6.45, 7) is 4.62. The van der Waals surface area contributed by atoms with Gasteiger partial charge in [0, 0.05) is 32.1 Å². The number of halogens is 3. The molecule has 3 aromatic rings. The molecule has 0 radical (unpaired) electrons. The van der Waals surface area contributed by atoms with Gasteiger partial charge in [0.05, 0.1) is 27.9 Å². The van der Waals surface area contributed by atoms with Gasteiger partial charge in [0.2, 0.25) is 5.91 Å². The van der Waals surface area contributed by atoms with Gasteiger partial charge >= 0.3 is 6.18 Å². The molecule has 1 aliphatic heterocycles. The van der Waals surface area contributed by atoms with E-state index in [-0.39, 0.29) is 40.3 Å². The highest BCUT2D eigenvalue weighted by Crippen LogP contribution is 2.34. The van der Waals surface area contributed by atoms with Crippen LogP contribution in [0, 0.1) is 12.8 Å². The van der Waals surface area contributed by atoms with Gasteiger partial charge in [-0.05, 0) is 43.9 Å². The van der Waals surface area contributed by atoms with Crippen molar-refractivity contribution in [3.63, 3.8) is 0 Å². The topological polar surface area (TPSA) is 88.3 Å².